The van der Waals surface area contributed by atoms with Crippen LogP contribution < -0.4 is 11.1 Å². The highest BCUT2D eigenvalue weighted by atomic mass is 127. The monoisotopic (exact) mass is 434 g/mol. The van der Waals surface area contributed by atoms with Gasteiger partial charge in [0.15, 0.2) is 27.6 Å². The highest BCUT2D eigenvalue weighted by Crippen LogP contribution is 2.32. The number of aliphatic hydroxyl groups is 2. The molecule has 23 heavy (non-hydrogen) atoms. The third-order valence-corrected chi connectivity index (χ3v) is 4.03. The van der Waals surface area contributed by atoms with Gasteiger partial charge in [0.2, 0.25) is 0 Å². The predicted octanol–water partition coefficient (Wildman–Crippen LogP) is -1.23. The van der Waals surface area contributed by atoms with E-state index in [0.29, 0.717) is 21.5 Å². The SMILES string of the molecule is CCNC(=O)[C@H]1O[C@@H](n2cnc3c(N)nc(I)nc32)C(O)[C@H]1O. The molecule has 10 nitrogen and oxygen atoms in total. The van der Waals surface area contributed by atoms with Crippen LogP contribution in [0, 0.1) is 3.83 Å². The van der Waals surface area contributed by atoms with Crippen molar-refractivity contribution in [1.29, 1.82) is 0 Å². The Morgan fingerprint density at radius 3 is 2.91 bits per heavy atom. The molecule has 0 saturated carbocycles. The first kappa shape index (κ1) is 16.3. The van der Waals surface area contributed by atoms with Crippen LogP contribution in [0.15, 0.2) is 6.33 Å². The van der Waals surface area contributed by atoms with E-state index in [1.165, 1.54) is 10.9 Å². The van der Waals surface area contributed by atoms with Crippen LogP contribution in [0.25, 0.3) is 11.2 Å². The Labute approximate surface area is 144 Å². The number of nitrogen functional groups attached to an aromatic ring is 1. The molecule has 1 amide bonds. The first-order chi connectivity index (χ1) is 10.9. The van der Waals surface area contributed by atoms with Gasteiger partial charge in [0.05, 0.1) is 6.33 Å². The molecule has 1 unspecified atom stereocenters. The van der Waals surface area contributed by atoms with Crippen molar-refractivity contribution in [3.63, 3.8) is 0 Å². The molecule has 0 bridgehead atoms. The Balaban J connectivity index is 1.98. The Hall–Kier alpha value is -1.57. The summed E-state index contributed by atoms with van der Waals surface area (Å²) in [6.07, 6.45) is -3.47. The summed E-state index contributed by atoms with van der Waals surface area (Å²) in [6.45, 7) is 2.14. The Bertz CT molecular complexity index is 752. The van der Waals surface area contributed by atoms with Crippen molar-refractivity contribution in [3.05, 3.63) is 10.2 Å². The summed E-state index contributed by atoms with van der Waals surface area (Å²) in [5, 5.41) is 22.9. The molecule has 4 atom stereocenters. The average molecular weight is 434 g/mol. The zero-order valence-corrected chi connectivity index (χ0v) is 14.2. The van der Waals surface area contributed by atoms with E-state index in [0.717, 1.165) is 0 Å². The fourth-order valence-electron chi connectivity index (χ4n) is 2.48. The number of nitrogens with two attached hydrogens (primary N) is 1. The van der Waals surface area contributed by atoms with Crippen LogP contribution in [-0.4, -0.2) is 60.5 Å². The Morgan fingerprint density at radius 2 is 2.22 bits per heavy atom. The van der Waals surface area contributed by atoms with E-state index in [1.54, 1.807) is 6.92 Å². The van der Waals surface area contributed by atoms with Crippen molar-refractivity contribution >= 4 is 45.5 Å². The summed E-state index contributed by atoms with van der Waals surface area (Å²) in [7, 11) is 0. The van der Waals surface area contributed by atoms with Crippen LogP contribution in [0.2, 0.25) is 0 Å². The number of amides is 1. The Morgan fingerprint density at radius 1 is 1.48 bits per heavy atom. The number of hydrogen-bond donors (Lipinski definition) is 4. The number of halogens is 1. The molecule has 2 aromatic heterocycles. The Kier molecular flexibility index (Phi) is 4.35. The molecule has 0 spiro atoms. The van der Waals surface area contributed by atoms with Crippen molar-refractivity contribution in [1.82, 2.24) is 24.8 Å². The van der Waals surface area contributed by atoms with Crippen molar-refractivity contribution in [2.45, 2.75) is 31.5 Å². The minimum absolute atomic E-state index is 0.200. The third-order valence-electron chi connectivity index (χ3n) is 3.54. The first-order valence-corrected chi connectivity index (χ1v) is 7.96. The molecule has 1 aliphatic heterocycles. The molecule has 11 heteroatoms. The number of hydrogen-bond acceptors (Lipinski definition) is 8. The van der Waals surface area contributed by atoms with Gasteiger partial charge in [0.1, 0.15) is 17.7 Å². The molecular weight excluding hydrogens is 419 g/mol. The number of rotatable bonds is 3. The van der Waals surface area contributed by atoms with Crippen LogP contribution in [0.1, 0.15) is 13.2 Å². The number of carbonyl (C=O) groups is 1. The summed E-state index contributed by atoms with van der Waals surface area (Å²) >= 11 is 1.91. The summed E-state index contributed by atoms with van der Waals surface area (Å²) in [6, 6.07) is 0. The number of aromatic nitrogens is 4. The van der Waals surface area contributed by atoms with Crippen LogP contribution in [0.3, 0.4) is 0 Å². The second-order valence-corrected chi connectivity index (χ2v) is 5.99. The van der Waals surface area contributed by atoms with Crippen molar-refractivity contribution in [2.75, 3.05) is 12.3 Å². The highest BCUT2D eigenvalue weighted by Gasteiger charge is 2.47. The van der Waals surface area contributed by atoms with Gasteiger partial charge < -0.3 is 26.0 Å². The minimum atomic E-state index is -1.36. The van der Waals surface area contributed by atoms with Gasteiger partial charge in [0, 0.05) is 29.1 Å². The molecule has 2 aromatic rings. The lowest BCUT2D eigenvalue weighted by atomic mass is 10.1. The van der Waals surface area contributed by atoms with E-state index in [9.17, 15) is 15.0 Å². The lowest BCUT2D eigenvalue weighted by Gasteiger charge is -2.16. The van der Waals surface area contributed by atoms with E-state index in [4.69, 9.17) is 10.5 Å². The summed E-state index contributed by atoms with van der Waals surface area (Å²) in [5.74, 6) is -0.291. The molecule has 1 saturated heterocycles. The number of nitrogens with one attached hydrogen (secondary N) is 1. The maximum Gasteiger partial charge on any atom is 0.252 e. The quantitative estimate of drug-likeness (QED) is 0.347. The van der Waals surface area contributed by atoms with E-state index in [-0.39, 0.29) is 5.82 Å². The predicted molar refractivity (Wildman–Crippen MR) is 87.1 cm³/mol. The topological polar surface area (TPSA) is 148 Å². The van der Waals surface area contributed by atoms with Gasteiger partial charge in [-0.2, -0.15) is 0 Å². The molecule has 3 rings (SSSR count). The van der Waals surface area contributed by atoms with Gasteiger partial charge in [-0.1, -0.05) is 0 Å². The van der Waals surface area contributed by atoms with Gasteiger partial charge in [0.25, 0.3) is 5.91 Å². The number of carbonyl (C=O) groups excluding carboxylic acids is 1. The number of ether oxygens (including phenoxy) is 1. The van der Waals surface area contributed by atoms with Gasteiger partial charge in [-0.3, -0.25) is 9.36 Å². The second kappa shape index (κ2) is 6.14. The molecule has 5 N–H and O–H groups in total. The maximum atomic E-state index is 11.9. The minimum Gasteiger partial charge on any atom is -0.387 e. The zero-order valence-electron chi connectivity index (χ0n) is 12.0. The van der Waals surface area contributed by atoms with Gasteiger partial charge in [-0.05, 0) is 6.92 Å². The zero-order chi connectivity index (χ0) is 16.7. The van der Waals surface area contributed by atoms with Crippen LogP contribution in [0.4, 0.5) is 5.82 Å². The summed E-state index contributed by atoms with van der Waals surface area (Å²) < 4.78 is 7.38. The number of fused-ring (bicyclic) bond motifs is 1. The molecule has 3 heterocycles. The molecule has 1 fully saturated rings. The third kappa shape index (κ3) is 2.73. The van der Waals surface area contributed by atoms with Crippen LogP contribution in [-0.2, 0) is 9.53 Å². The molecule has 0 aromatic carbocycles. The van der Waals surface area contributed by atoms with E-state index in [2.05, 4.69) is 20.3 Å². The molecule has 124 valence electrons. The summed E-state index contributed by atoms with van der Waals surface area (Å²) in [5.41, 5.74) is 6.51. The maximum absolute atomic E-state index is 11.9. The standard InChI is InChI=1S/C12H15IN6O4/c1-2-15-10(22)7-5(20)6(21)11(23-7)19-3-16-4-8(14)17-12(13)18-9(4)19/h3,5-7,11,20-21H,2H2,1H3,(H,15,22)(H2,14,17,18)/t5-,6?,7+,11-/m1/s1. The van der Waals surface area contributed by atoms with Crippen molar-refractivity contribution in [2.24, 2.45) is 0 Å². The fraction of sp³-hybridized carbons (Fsp3) is 0.500. The molecule has 0 radical (unpaired) electrons. The smallest absolute Gasteiger partial charge is 0.252 e. The summed E-state index contributed by atoms with van der Waals surface area (Å²) in [4.78, 5) is 24.2. The average Bonchev–Trinajstić information content (AvgIpc) is 3.02. The number of nitrogens with zero attached hydrogens (tertiary/aromatic N) is 4. The van der Waals surface area contributed by atoms with Gasteiger partial charge in [-0.15, -0.1) is 0 Å². The number of anilines is 1. The molecule has 1 aliphatic rings. The molecule has 0 aliphatic carbocycles. The van der Waals surface area contributed by atoms with Crippen molar-refractivity contribution < 1.29 is 19.7 Å². The largest absolute Gasteiger partial charge is 0.387 e. The van der Waals surface area contributed by atoms with E-state index >= 15 is 0 Å². The fourth-order valence-corrected chi connectivity index (χ4v) is 2.97. The highest BCUT2D eigenvalue weighted by molar-refractivity contribution is 14.1. The number of likely N-dealkylation sites (N-methyl/N-ethyl adjacent to an activating group) is 1. The van der Waals surface area contributed by atoms with Gasteiger partial charge >= 0.3 is 0 Å². The first-order valence-electron chi connectivity index (χ1n) is 6.89. The normalized spacial score (nSPS) is 27.5. The number of aliphatic hydroxyl groups excluding tert-OH is 2. The lowest BCUT2D eigenvalue weighted by molar-refractivity contribution is -0.137. The van der Waals surface area contributed by atoms with Crippen molar-refractivity contribution in [3.8, 4) is 0 Å². The van der Waals surface area contributed by atoms with E-state index < -0.39 is 30.4 Å². The second-order valence-electron chi connectivity index (χ2n) is 5.02. The van der Waals surface area contributed by atoms with Gasteiger partial charge in [-0.25, -0.2) is 15.0 Å². The van der Waals surface area contributed by atoms with E-state index in [1.807, 2.05) is 22.6 Å². The van der Waals surface area contributed by atoms with Crippen LogP contribution in [0.5, 0.6) is 0 Å². The van der Waals surface area contributed by atoms with Crippen LogP contribution >= 0.6 is 22.6 Å². The lowest BCUT2D eigenvalue weighted by Crippen LogP contribution is -2.42. The number of imidazole rings is 1. The molecular formula is C12H15IN6O4.